The number of morpholine rings is 1. The third-order valence-corrected chi connectivity index (χ3v) is 5.54. The maximum atomic E-state index is 11.7. The summed E-state index contributed by atoms with van der Waals surface area (Å²) in [4.78, 5) is 13.1. The van der Waals surface area contributed by atoms with E-state index >= 15 is 0 Å². The van der Waals surface area contributed by atoms with Gasteiger partial charge in [0.05, 0.1) is 23.0 Å². The van der Waals surface area contributed by atoms with Crippen molar-refractivity contribution in [2.24, 2.45) is 5.92 Å². The fourth-order valence-corrected chi connectivity index (χ4v) is 3.76. The summed E-state index contributed by atoms with van der Waals surface area (Å²) >= 11 is 0. The topological polar surface area (TPSA) is 102 Å². The zero-order valence-electron chi connectivity index (χ0n) is 15.5. The predicted octanol–water partition coefficient (Wildman–Crippen LogP) is 2.16. The fraction of sp³-hybridized carbons (Fsp3) is 0.647. The minimum absolute atomic E-state index is 0.0540. The van der Waals surface area contributed by atoms with Crippen LogP contribution in [0.25, 0.3) is 0 Å². The van der Waals surface area contributed by atoms with Crippen LogP contribution in [0.3, 0.4) is 0 Å². The van der Waals surface area contributed by atoms with Crippen molar-refractivity contribution in [1.29, 1.82) is 0 Å². The molecule has 1 aliphatic heterocycles. The average Bonchev–Trinajstić information content (AvgIpc) is 2.58. The number of benzene rings is 1. The van der Waals surface area contributed by atoms with Gasteiger partial charge in [0.15, 0.2) is 9.84 Å². The van der Waals surface area contributed by atoms with Crippen molar-refractivity contribution in [2.75, 3.05) is 44.4 Å². The number of nitrogens with zero attached hydrogens (tertiary/aromatic N) is 2. The van der Waals surface area contributed by atoms with E-state index in [1.54, 1.807) is 0 Å². The molecule has 9 heteroatoms. The van der Waals surface area contributed by atoms with Crippen LogP contribution in [-0.2, 0) is 14.6 Å². The van der Waals surface area contributed by atoms with Crippen molar-refractivity contribution in [3.8, 4) is 0 Å². The third kappa shape index (κ3) is 5.65. The maximum absolute atomic E-state index is 11.7. The lowest BCUT2D eigenvalue weighted by atomic mass is 10.0. The molecule has 0 aromatic heterocycles. The number of anilines is 1. The smallest absolute Gasteiger partial charge is 0.293 e. The van der Waals surface area contributed by atoms with Crippen molar-refractivity contribution >= 4 is 21.2 Å². The summed E-state index contributed by atoms with van der Waals surface area (Å²) < 4.78 is 28.7. The van der Waals surface area contributed by atoms with Gasteiger partial charge in [0.2, 0.25) is 0 Å². The summed E-state index contributed by atoms with van der Waals surface area (Å²) in [6, 6.07) is 4.22. The first-order chi connectivity index (χ1) is 12.2. The van der Waals surface area contributed by atoms with Gasteiger partial charge in [0, 0.05) is 38.0 Å². The van der Waals surface area contributed by atoms with Crippen LogP contribution in [0.4, 0.5) is 11.4 Å². The van der Waals surface area contributed by atoms with E-state index in [0.717, 1.165) is 31.8 Å². The summed E-state index contributed by atoms with van der Waals surface area (Å²) in [5.41, 5.74) is 0.114. The van der Waals surface area contributed by atoms with Gasteiger partial charge in [-0.25, -0.2) is 8.42 Å². The molecule has 1 aliphatic rings. The largest absolute Gasteiger partial charge is 0.379 e. The van der Waals surface area contributed by atoms with E-state index in [-0.39, 0.29) is 16.6 Å². The van der Waals surface area contributed by atoms with Crippen molar-refractivity contribution in [3.05, 3.63) is 28.3 Å². The molecule has 0 aliphatic carbocycles. The molecule has 26 heavy (non-hydrogen) atoms. The fourth-order valence-electron chi connectivity index (χ4n) is 3.12. The van der Waals surface area contributed by atoms with Crippen LogP contribution in [0.15, 0.2) is 23.1 Å². The zero-order chi connectivity index (χ0) is 19.3. The number of nitro benzene ring substituents is 1. The Labute approximate surface area is 154 Å². The van der Waals surface area contributed by atoms with Crippen LogP contribution in [0.1, 0.15) is 20.3 Å². The van der Waals surface area contributed by atoms with Crippen LogP contribution >= 0.6 is 0 Å². The van der Waals surface area contributed by atoms with Crippen molar-refractivity contribution in [3.63, 3.8) is 0 Å². The molecule has 0 spiro atoms. The highest BCUT2D eigenvalue weighted by Crippen LogP contribution is 2.28. The molecule has 1 atom stereocenters. The van der Waals surface area contributed by atoms with Crippen molar-refractivity contribution in [2.45, 2.75) is 31.2 Å². The molecule has 0 bridgehead atoms. The number of hydrogen-bond acceptors (Lipinski definition) is 7. The van der Waals surface area contributed by atoms with Gasteiger partial charge in [-0.05, 0) is 24.5 Å². The summed E-state index contributed by atoms with van der Waals surface area (Å²) in [5.74, 6) is 0.493. The molecule has 1 N–H and O–H groups in total. The SMILES string of the molecule is CC(C)CC(CNc1ccc(S(C)(=O)=O)cc1[N+](=O)[O-])N1CCOCC1. The van der Waals surface area contributed by atoms with Gasteiger partial charge in [-0.2, -0.15) is 0 Å². The van der Waals surface area contributed by atoms with E-state index in [9.17, 15) is 18.5 Å². The summed E-state index contributed by atoms with van der Waals surface area (Å²) in [6.45, 7) is 7.92. The molecule has 1 aromatic rings. The molecular formula is C17H27N3O5S. The number of sulfone groups is 1. The van der Waals surface area contributed by atoms with Gasteiger partial charge >= 0.3 is 0 Å². The van der Waals surface area contributed by atoms with Crippen LogP contribution in [0, 0.1) is 16.0 Å². The molecular weight excluding hydrogens is 358 g/mol. The Kier molecular flexibility index (Phi) is 6.96. The highest BCUT2D eigenvalue weighted by Gasteiger charge is 2.24. The molecule has 146 valence electrons. The Morgan fingerprint density at radius 2 is 1.96 bits per heavy atom. The zero-order valence-corrected chi connectivity index (χ0v) is 16.3. The van der Waals surface area contributed by atoms with E-state index in [0.29, 0.717) is 31.4 Å². The van der Waals surface area contributed by atoms with Gasteiger partial charge in [0.1, 0.15) is 5.69 Å². The Morgan fingerprint density at radius 3 is 2.50 bits per heavy atom. The molecule has 1 saturated heterocycles. The number of rotatable bonds is 8. The van der Waals surface area contributed by atoms with Gasteiger partial charge in [0.25, 0.3) is 5.69 Å². The monoisotopic (exact) mass is 385 g/mol. The Bertz CT molecular complexity index is 730. The molecule has 1 unspecified atom stereocenters. The molecule has 1 aromatic carbocycles. The molecule has 1 fully saturated rings. The lowest BCUT2D eigenvalue weighted by Gasteiger charge is -2.35. The second-order valence-electron chi connectivity index (χ2n) is 7.02. The average molecular weight is 385 g/mol. The van der Waals surface area contributed by atoms with Crippen LogP contribution < -0.4 is 5.32 Å². The minimum atomic E-state index is -3.49. The van der Waals surface area contributed by atoms with E-state index < -0.39 is 14.8 Å². The molecule has 0 radical (unpaired) electrons. The van der Waals surface area contributed by atoms with E-state index in [4.69, 9.17) is 4.74 Å². The van der Waals surface area contributed by atoms with E-state index in [1.807, 2.05) is 0 Å². The van der Waals surface area contributed by atoms with Gasteiger partial charge in [-0.3, -0.25) is 15.0 Å². The molecule has 2 rings (SSSR count). The van der Waals surface area contributed by atoms with Gasteiger partial charge < -0.3 is 10.1 Å². The quantitative estimate of drug-likeness (QED) is 0.540. The first-order valence-electron chi connectivity index (χ1n) is 8.72. The number of nitrogens with one attached hydrogen (secondary N) is 1. The first-order valence-corrected chi connectivity index (χ1v) is 10.6. The predicted molar refractivity (Wildman–Crippen MR) is 100 cm³/mol. The molecule has 0 amide bonds. The standard InChI is InChI=1S/C17H27N3O5S/c1-13(2)10-14(19-6-8-25-9-7-19)12-18-16-5-4-15(26(3,23)24)11-17(16)20(21)22/h4-5,11,13-14,18H,6-10,12H2,1-3H3. The normalized spacial score (nSPS) is 17.2. The Morgan fingerprint density at radius 1 is 1.31 bits per heavy atom. The highest BCUT2D eigenvalue weighted by molar-refractivity contribution is 7.90. The third-order valence-electron chi connectivity index (χ3n) is 4.43. The number of nitro groups is 1. The summed E-state index contributed by atoms with van der Waals surface area (Å²) in [7, 11) is -3.49. The minimum Gasteiger partial charge on any atom is -0.379 e. The van der Waals surface area contributed by atoms with Crippen LogP contribution in [0.2, 0.25) is 0 Å². The van der Waals surface area contributed by atoms with Crippen LogP contribution in [-0.4, -0.2) is 63.4 Å². The molecule has 0 saturated carbocycles. The van der Waals surface area contributed by atoms with Crippen molar-refractivity contribution in [1.82, 2.24) is 4.90 Å². The summed E-state index contributed by atoms with van der Waals surface area (Å²) in [6.07, 6.45) is 2.00. The van der Waals surface area contributed by atoms with Gasteiger partial charge in [-0.1, -0.05) is 13.8 Å². The lowest BCUT2D eigenvalue weighted by molar-refractivity contribution is -0.384. The highest BCUT2D eigenvalue weighted by atomic mass is 32.2. The maximum Gasteiger partial charge on any atom is 0.293 e. The molecule has 8 nitrogen and oxygen atoms in total. The number of hydrogen-bond donors (Lipinski definition) is 1. The second-order valence-corrected chi connectivity index (χ2v) is 9.04. The molecule has 1 heterocycles. The Hall–Kier alpha value is -1.71. The van der Waals surface area contributed by atoms with Gasteiger partial charge in [-0.15, -0.1) is 0 Å². The summed E-state index contributed by atoms with van der Waals surface area (Å²) in [5, 5.41) is 14.5. The Balaban J connectivity index is 2.18. The second kappa shape index (κ2) is 8.79. The number of ether oxygens (including phenoxy) is 1. The lowest BCUT2D eigenvalue weighted by Crippen LogP contribution is -2.47. The first kappa shape index (κ1) is 20.6. The van der Waals surface area contributed by atoms with Crippen LogP contribution in [0.5, 0.6) is 0 Å². The van der Waals surface area contributed by atoms with Crippen molar-refractivity contribution < 1.29 is 18.1 Å². The van der Waals surface area contributed by atoms with E-state index in [2.05, 4.69) is 24.1 Å². The van der Waals surface area contributed by atoms with E-state index in [1.165, 1.54) is 12.1 Å².